The van der Waals surface area contributed by atoms with Crippen LogP contribution in [-0.4, -0.2) is 96.7 Å². The highest BCUT2D eigenvalue weighted by Gasteiger charge is 2.30. The van der Waals surface area contributed by atoms with Crippen LogP contribution in [0.15, 0.2) is 134 Å². The maximum absolute atomic E-state index is 13.1. The van der Waals surface area contributed by atoms with Gasteiger partial charge in [-0.3, -0.25) is 37.3 Å². The van der Waals surface area contributed by atoms with Gasteiger partial charge in [0.25, 0.3) is 0 Å². The molecule has 0 radical (unpaired) electrons. The molecule has 5 atom stereocenters. The van der Waals surface area contributed by atoms with Crippen molar-refractivity contribution in [2.24, 2.45) is 0 Å². The molecule has 3 N–H and O–H groups in total. The van der Waals surface area contributed by atoms with E-state index in [9.17, 15) is 43.2 Å². The minimum absolute atomic E-state index is 0.0684. The van der Waals surface area contributed by atoms with E-state index in [4.69, 9.17) is 37.0 Å². The molecule has 0 aliphatic carbocycles. The second-order valence-electron chi connectivity index (χ2n) is 25.9. The number of phosphoric acid groups is 2. The first kappa shape index (κ1) is 97.2. The summed E-state index contributed by atoms with van der Waals surface area (Å²) in [4.78, 5) is 73.0. The predicted molar refractivity (Wildman–Crippen MR) is 418 cm³/mol. The van der Waals surface area contributed by atoms with Crippen LogP contribution in [0.3, 0.4) is 0 Å². The molecule has 19 heteroatoms. The fraction of sp³-hybridized carbons (Fsp3) is 0.687. The van der Waals surface area contributed by atoms with Gasteiger partial charge in [0, 0.05) is 25.7 Å². The standard InChI is InChI=1S/C83H140O17P2/c1-5-9-13-17-21-25-29-33-36-37-38-39-42-45-48-52-56-60-64-68-81(86)94-73-78(99-82(87)69-65-61-57-53-49-43-32-28-24-20-16-12-8-4)75-97-101(89,90)95-71-77(84)72-96-102(91,92)98-76-79(100-83(88)70-66-62-58-54-50-46-41-35-31-27-23-19-15-11-7-3)74-93-80(85)67-63-59-55-51-47-44-40-34-30-26-22-18-14-10-6-2/h9-11,13-15,21-23,25-27,33-36,38-41,45,48,77-79,84H,5-8,12,16-20,24,28-32,37,42-44,46-47,49-76H2,1-4H3,(H,89,90)(H,91,92)/b13-9-,14-10-,15-11-,25-21-,26-22-,27-23-,36-33-,39-38-,40-34-,41-35-,48-45-. The molecular formula is C83H140O17P2. The number of carbonyl (C=O) groups excluding carboxylic acids is 4. The first-order chi connectivity index (χ1) is 49.7. The minimum Gasteiger partial charge on any atom is -0.462 e. The number of esters is 4. The summed E-state index contributed by atoms with van der Waals surface area (Å²) in [6.45, 7) is 4.47. The van der Waals surface area contributed by atoms with Gasteiger partial charge in [0.15, 0.2) is 12.2 Å². The minimum atomic E-state index is -4.99. The SMILES string of the molecule is CC/C=C\C/C=C\C/C=C\C/C=C\C/C=C\CCCCCC(=O)OCC(COP(=O)(O)OCC(O)COP(=O)(O)OCC(COC(=O)CCCCCCC/C=C\C/C=C\C/C=C\CC)OC(=O)CCCCCCC/C=C\C/C=C\C/C=C\CC)OC(=O)CCCCCCCCCCCCCCC. The number of aliphatic hydroxyl groups excluding tert-OH is 1. The van der Waals surface area contributed by atoms with Crippen LogP contribution in [0.25, 0.3) is 0 Å². The molecule has 0 fully saturated rings. The van der Waals surface area contributed by atoms with Crippen molar-refractivity contribution in [1.82, 2.24) is 0 Å². The van der Waals surface area contributed by atoms with Crippen molar-refractivity contribution in [3.63, 3.8) is 0 Å². The van der Waals surface area contributed by atoms with E-state index in [0.29, 0.717) is 25.7 Å². The van der Waals surface area contributed by atoms with Gasteiger partial charge in [-0.1, -0.05) is 283 Å². The topological polar surface area (TPSA) is 237 Å². The van der Waals surface area contributed by atoms with E-state index in [1.807, 2.05) is 0 Å². The monoisotopic (exact) mass is 1470 g/mol. The predicted octanol–water partition coefficient (Wildman–Crippen LogP) is 22.9. The van der Waals surface area contributed by atoms with Crippen molar-refractivity contribution in [2.45, 2.75) is 329 Å². The molecule has 0 aromatic heterocycles. The van der Waals surface area contributed by atoms with E-state index in [1.165, 1.54) is 51.4 Å². The Balaban J connectivity index is 5.40. The number of ether oxygens (including phenoxy) is 4. The lowest BCUT2D eigenvalue weighted by molar-refractivity contribution is -0.161. The third kappa shape index (κ3) is 73.5. The van der Waals surface area contributed by atoms with Crippen molar-refractivity contribution in [2.75, 3.05) is 39.6 Å². The van der Waals surface area contributed by atoms with Gasteiger partial charge in [-0.05, 0) is 135 Å². The first-order valence-electron chi connectivity index (χ1n) is 39.4. The van der Waals surface area contributed by atoms with Crippen LogP contribution in [0, 0.1) is 0 Å². The van der Waals surface area contributed by atoms with Crippen molar-refractivity contribution in [3.05, 3.63) is 134 Å². The van der Waals surface area contributed by atoms with E-state index in [0.717, 1.165) is 180 Å². The molecule has 0 aliphatic rings. The molecule has 0 aromatic rings. The van der Waals surface area contributed by atoms with Gasteiger partial charge in [-0.25, -0.2) is 9.13 Å². The maximum Gasteiger partial charge on any atom is 0.472 e. The van der Waals surface area contributed by atoms with Crippen LogP contribution in [0.1, 0.15) is 310 Å². The first-order valence-corrected chi connectivity index (χ1v) is 42.4. The fourth-order valence-corrected chi connectivity index (χ4v) is 11.8. The van der Waals surface area contributed by atoms with Crippen LogP contribution in [-0.2, 0) is 65.4 Å². The number of carbonyl (C=O) groups is 4. The molecule has 0 rings (SSSR count). The largest absolute Gasteiger partial charge is 0.472 e. The summed E-state index contributed by atoms with van der Waals surface area (Å²) in [5, 5.41) is 10.6. The van der Waals surface area contributed by atoms with E-state index in [-0.39, 0.29) is 25.7 Å². The molecule has 5 unspecified atom stereocenters. The molecule has 584 valence electrons. The number of phosphoric ester groups is 2. The fourth-order valence-electron chi connectivity index (χ4n) is 10.2. The number of hydrogen-bond acceptors (Lipinski definition) is 15. The average Bonchev–Trinajstić information content (AvgIpc) is 0.908. The van der Waals surface area contributed by atoms with Crippen molar-refractivity contribution >= 4 is 39.5 Å². The molecule has 0 amide bonds. The highest BCUT2D eigenvalue weighted by Crippen LogP contribution is 2.45. The zero-order valence-electron chi connectivity index (χ0n) is 63.7. The number of allylic oxidation sites excluding steroid dienone is 22. The van der Waals surface area contributed by atoms with Gasteiger partial charge >= 0.3 is 39.5 Å². The van der Waals surface area contributed by atoms with Gasteiger partial charge in [0.05, 0.1) is 26.4 Å². The Hall–Kier alpha value is -4.80. The summed E-state index contributed by atoms with van der Waals surface area (Å²) in [5.74, 6) is -2.24. The zero-order chi connectivity index (χ0) is 74.6. The van der Waals surface area contributed by atoms with Gasteiger partial charge < -0.3 is 33.8 Å². The molecule has 0 spiro atoms. The summed E-state index contributed by atoms with van der Waals surface area (Å²) >= 11 is 0. The van der Waals surface area contributed by atoms with Crippen molar-refractivity contribution < 1.29 is 80.2 Å². The number of hydrogen-bond donors (Lipinski definition) is 3. The van der Waals surface area contributed by atoms with Crippen LogP contribution >= 0.6 is 15.6 Å². The molecule has 17 nitrogen and oxygen atoms in total. The Kier molecular flexibility index (Phi) is 71.0. The second kappa shape index (κ2) is 74.5. The Morgan fingerprint density at radius 2 is 0.510 bits per heavy atom. The molecule has 0 bridgehead atoms. The summed E-state index contributed by atoms with van der Waals surface area (Å²) in [7, 11) is -9.98. The third-order valence-corrected chi connectivity index (χ3v) is 18.0. The summed E-state index contributed by atoms with van der Waals surface area (Å²) in [6, 6.07) is 0. The van der Waals surface area contributed by atoms with E-state index < -0.39 is 97.5 Å². The lowest BCUT2D eigenvalue weighted by Crippen LogP contribution is -2.30. The average molecular weight is 1470 g/mol. The molecule has 0 saturated heterocycles. The molecular weight excluding hydrogens is 1330 g/mol. The van der Waals surface area contributed by atoms with E-state index in [2.05, 4.69) is 161 Å². The number of unbranched alkanes of at least 4 members (excludes halogenated alkanes) is 25. The molecule has 0 aliphatic heterocycles. The normalized spacial score (nSPS) is 14.6. The van der Waals surface area contributed by atoms with Gasteiger partial charge in [-0.15, -0.1) is 0 Å². The lowest BCUT2D eigenvalue weighted by Gasteiger charge is -2.21. The second-order valence-corrected chi connectivity index (χ2v) is 28.8. The van der Waals surface area contributed by atoms with Gasteiger partial charge in [0.2, 0.25) is 0 Å². The van der Waals surface area contributed by atoms with Gasteiger partial charge in [-0.2, -0.15) is 0 Å². The molecule has 0 saturated carbocycles. The van der Waals surface area contributed by atoms with E-state index in [1.54, 1.807) is 0 Å². The van der Waals surface area contributed by atoms with Crippen LogP contribution in [0.2, 0.25) is 0 Å². The highest BCUT2D eigenvalue weighted by atomic mass is 31.2. The molecule has 0 heterocycles. The number of aliphatic hydroxyl groups is 1. The highest BCUT2D eigenvalue weighted by molar-refractivity contribution is 7.47. The Labute approximate surface area is 618 Å². The quantitative estimate of drug-likeness (QED) is 0.0169. The van der Waals surface area contributed by atoms with Crippen LogP contribution in [0.4, 0.5) is 0 Å². The third-order valence-electron chi connectivity index (χ3n) is 16.1. The Morgan fingerprint density at radius 1 is 0.284 bits per heavy atom. The zero-order valence-corrected chi connectivity index (χ0v) is 65.5. The summed E-state index contributed by atoms with van der Waals surface area (Å²) in [6.07, 6.45) is 82.9. The van der Waals surface area contributed by atoms with E-state index >= 15 is 0 Å². The Bertz CT molecular complexity index is 2460. The van der Waals surface area contributed by atoms with Crippen molar-refractivity contribution in [1.29, 1.82) is 0 Å². The molecule has 0 aromatic carbocycles. The van der Waals surface area contributed by atoms with Gasteiger partial charge in [0.1, 0.15) is 19.3 Å². The summed E-state index contributed by atoms with van der Waals surface area (Å²) < 4.78 is 68.5. The van der Waals surface area contributed by atoms with Crippen molar-refractivity contribution in [3.8, 4) is 0 Å². The molecule has 102 heavy (non-hydrogen) atoms. The summed E-state index contributed by atoms with van der Waals surface area (Å²) in [5.41, 5.74) is 0. The smallest absolute Gasteiger partial charge is 0.462 e. The maximum atomic E-state index is 13.1. The van der Waals surface area contributed by atoms with Crippen LogP contribution in [0.5, 0.6) is 0 Å². The lowest BCUT2D eigenvalue weighted by atomic mass is 10.0. The number of rotatable bonds is 73. The Morgan fingerprint density at radius 3 is 0.794 bits per heavy atom. The van der Waals surface area contributed by atoms with Crippen LogP contribution < -0.4 is 0 Å².